The van der Waals surface area contributed by atoms with E-state index in [1.165, 1.54) is 18.3 Å². The van der Waals surface area contributed by atoms with Gasteiger partial charge in [0.15, 0.2) is 0 Å². The Balaban J connectivity index is 1.68. The van der Waals surface area contributed by atoms with E-state index >= 15 is 0 Å². The Kier molecular flexibility index (Phi) is 4.84. The minimum Gasteiger partial charge on any atom is -0.354 e. The van der Waals surface area contributed by atoms with Gasteiger partial charge in [-0.25, -0.2) is 4.39 Å². The van der Waals surface area contributed by atoms with Crippen molar-refractivity contribution in [2.45, 2.75) is 25.3 Å². The van der Waals surface area contributed by atoms with Crippen LogP contribution in [0.4, 0.5) is 4.39 Å². The van der Waals surface area contributed by atoms with E-state index in [2.05, 4.69) is 15.6 Å². The highest BCUT2D eigenvalue weighted by Crippen LogP contribution is 2.12. The van der Waals surface area contributed by atoms with E-state index in [4.69, 9.17) is 0 Å². The maximum Gasteiger partial charge on any atom is 0.253 e. The number of nitrogens with zero attached hydrogens (tertiary/aromatic N) is 1. The first-order valence-electron chi connectivity index (χ1n) is 7.89. The van der Waals surface area contributed by atoms with Crippen LogP contribution in [0.15, 0.2) is 42.7 Å². The molecule has 0 spiro atoms. The highest BCUT2D eigenvalue weighted by atomic mass is 19.1. The Hall–Kier alpha value is -2.76. The molecule has 1 atom stereocenters. The standard InChI is InChI=1S/C18H18FN3O2/c19-15-5-3-12(4-6-15)8-13-9-14(11-20-10-13)17(23)22-16-2-1-7-21-18(16)24/h3-6,9-11,16H,1-2,7-8H2,(H,21,24)(H,22,23)/t16-/m0/s1. The Bertz CT molecular complexity index is 746. The lowest BCUT2D eigenvalue weighted by Crippen LogP contribution is -2.50. The summed E-state index contributed by atoms with van der Waals surface area (Å²) in [4.78, 5) is 28.1. The molecule has 1 saturated heterocycles. The number of halogens is 1. The number of amides is 2. The van der Waals surface area contributed by atoms with Crippen LogP contribution in [0.2, 0.25) is 0 Å². The predicted molar refractivity (Wildman–Crippen MR) is 86.9 cm³/mol. The first-order chi connectivity index (χ1) is 11.6. The van der Waals surface area contributed by atoms with Crippen molar-refractivity contribution in [1.82, 2.24) is 15.6 Å². The van der Waals surface area contributed by atoms with Crippen LogP contribution < -0.4 is 10.6 Å². The third kappa shape index (κ3) is 3.95. The summed E-state index contributed by atoms with van der Waals surface area (Å²) in [6, 6.07) is 7.46. The lowest BCUT2D eigenvalue weighted by atomic mass is 10.0. The van der Waals surface area contributed by atoms with Crippen molar-refractivity contribution in [3.63, 3.8) is 0 Å². The molecule has 1 aliphatic rings. The molecule has 2 heterocycles. The van der Waals surface area contributed by atoms with Gasteiger partial charge in [-0.15, -0.1) is 0 Å². The summed E-state index contributed by atoms with van der Waals surface area (Å²) in [6.07, 6.45) is 5.19. The zero-order valence-corrected chi connectivity index (χ0v) is 13.1. The molecule has 2 N–H and O–H groups in total. The minimum atomic E-state index is -0.494. The van der Waals surface area contributed by atoms with Crippen LogP contribution in [0.25, 0.3) is 0 Å². The Labute approximate surface area is 139 Å². The molecule has 0 bridgehead atoms. The van der Waals surface area contributed by atoms with E-state index in [1.807, 2.05) is 0 Å². The van der Waals surface area contributed by atoms with Crippen molar-refractivity contribution >= 4 is 11.8 Å². The predicted octanol–water partition coefficient (Wildman–Crippen LogP) is 1.82. The number of nitrogens with one attached hydrogen (secondary N) is 2. The fraction of sp³-hybridized carbons (Fsp3) is 0.278. The molecule has 3 rings (SSSR count). The van der Waals surface area contributed by atoms with Crippen LogP contribution in [-0.2, 0) is 11.2 Å². The van der Waals surface area contributed by atoms with Gasteiger partial charge >= 0.3 is 0 Å². The third-order valence-electron chi connectivity index (χ3n) is 3.97. The number of benzene rings is 1. The summed E-state index contributed by atoms with van der Waals surface area (Å²) in [5.41, 5.74) is 2.19. The van der Waals surface area contributed by atoms with Gasteiger partial charge in [0.2, 0.25) is 5.91 Å². The van der Waals surface area contributed by atoms with Crippen LogP contribution in [-0.4, -0.2) is 29.4 Å². The largest absolute Gasteiger partial charge is 0.354 e. The van der Waals surface area contributed by atoms with Crippen molar-refractivity contribution in [3.8, 4) is 0 Å². The number of carbonyl (C=O) groups is 2. The molecule has 0 saturated carbocycles. The summed E-state index contributed by atoms with van der Waals surface area (Å²) < 4.78 is 13.0. The second-order valence-corrected chi connectivity index (χ2v) is 5.84. The van der Waals surface area contributed by atoms with Crippen LogP contribution >= 0.6 is 0 Å². The summed E-state index contributed by atoms with van der Waals surface area (Å²) in [7, 11) is 0. The molecular formula is C18H18FN3O2. The molecule has 1 fully saturated rings. The average molecular weight is 327 g/mol. The number of hydrogen-bond acceptors (Lipinski definition) is 3. The highest BCUT2D eigenvalue weighted by Gasteiger charge is 2.24. The van der Waals surface area contributed by atoms with E-state index in [0.717, 1.165) is 17.5 Å². The lowest BCUT2D eigenvalue weighted by molar-refractivity contribution is -0.124. The fourth-order valence-corrected chi connectivity index (χ4v) is 2.70. The Morgan fingerprint density at radius 2 is 2.04 bits per heavy atom. The van der Waals surface area contributed by atoms with Crippen molar-refractivity contribution in [3.05, 3.63) is 65.2 Å². The van der Waals surface area contributed by atoms with Gasteiger partial charge in [-0.3, -0.25) is 14.6 Å². The topological polar surface area (TPSA) is 71.1 Å². The van der Waals surface area contributed by atoms with Gasteiger partial charge in [0.05, 0.1) is 5.56 Å². The van der Waals surface area contributed by atoms with Crippen molar-refractivity contribution in [2.24, 2.45) is 0 Å². The minimum absolute atomic E-state index is 0.148. The summed E-state index contributed by atoms with van der Waals surface area (Å²) in [5.74, 6) is -0.744. The quantitative estimate of drug-likeness (QED) is 0.900. The van der Waals surface area contributed by atoms with Gasteiger partial charge in [-0.05, 0) is 48.6 Å². The molecule has 1 aromatic carbocycles. The number of rotatable bonds is 4. The molecule has 124 valence electrons. The lowest BCUT2D eigenvalue weighted by Gasteiger charge is -2.22. The van der Waals surface area contributed by atoms with Crippen LogP contribution in [0.3, 0.4) is 0 Å². The van der Waals surface area contributed by atoms with Crippen LogP contribution in [0.1, 0.15) is 34.3 Å². The van der Waals surface area contributed by atoms with Gasteiger partial charge in [-0.2, -0.15) is 0 Å². The second kappa shape index (κ2) is 7.21. The van der Waals surface area contributed by atoms with Crippen molar-refractivity contribution in [2.75, 3.05) is 6.54 Å². The van der Waals surface area contributed by atoms with Gasteiger partial charge in [-0.1, -0.05) is 12.1 Å². The van der Waals surface area contributed by atoms with Gasteiger partial charge in [0, 0.05) is 18.9 Å². The average Bonchev–Trinajstić information content (AvgIpc) is 2.59. The van der Waals surface area contributed by atoms with Gasteiger partial charge in [0.1, 0.15) is 11.9 Å². The smallest absolute Gasteiger partial charge is 0.253 e. The SMILES string of the molecule is O=C(N[C@H]1CCCNC1=O)c1cncc(Cc2ccc(F)cc2)c1. The van der Waals surface area contributed by atoms with Crippen molar-refractivity contribution in [1.29, 1.82) is 0 Å². The zero-order chi connectivity index (χ0) is 16.9. The molecule has 1 aliphatic heterocycles. The summed E-state index contributed by atoms with van der Waals surface area (Å²) in [6.45, 7) is 0.653. The molecule has 0 unspecified atom stereocenters. The van der Waals surface area contributed by atoms with Gasteiger partial charge in [0.25, 0.3) is 5.91 Å². The normalized spacial score (nSPS) is 17.2. The van der Waals surface area contributed by atoms with E-state index in [9.17, 15) is 14.0 Å². The van der Waals surface area contributed by atoms with Crippen LogP contribution in [0.5, 0.6) is 0 Å². The monoisotopic (exact) mass is 327 g/mol. The number of aromatic nitrogens is 1. The summed E-state index contributed by atoms with van der Waals surface area (Å²) >= 11 is 0. The van der Waals surface area contributed by atoms with E-state index in [-0.39, 0.29) is 17.6 Å². The Morgan fingerprint density at radius 1 is 1.25 bits per heavy atom. The third-order valence-corrected chi connectivity index (χ3v) is 3.97. The molecule has 5 nitrogen and oxygen atoms in total. The highest BCUT2D eigenvalue weighted by molar-refractivity contribution is 5.97. The maximum atomic E-state index is 13.0. The number of carbonyl (C=O) groups excluding carboxylic acids is 2. The first-order valence-corrected chi connectivity index (χ1v) is 7.89. The second-order valence-electron chi connectivity index (χ2n) is 5.84. The first kappa shape index (κ1) is 16.1. The molecule has 6 heteroatoms. The van der Waals surface area contributed by atoms with E-state index in [1.54, 1.807) is 24.4 Å². The fourth-order valence-electron chi connectivity index (χ4n) is 2.70. The summed E-state index contributed by atoms with van der Waals surface area (Å²) in [5, 5.41) is 5.48. The maximum absolute atomic E-state index is 13.0. The number of piperidine rings is 1. The molecule has 24 heavy (non-hydrogen) atoms. The van der Waals surface area contributed by atoms with Crippen LogP contribution in [0, 0.1) is 5.82 Å². The van der Waals surface area contributed by atoms with E-state index in [0.29, 0.717) is 24.9 Å². The molecular weight excluding hydrogens is 309 g/mol. The molecule has 0 aliphatic carbocycles. The molecule has 2 amide bonds. The Morgan fingerprint density at radius 3 is 2.79 bits per heavy atom. The zero-order valence-electron chi connectivity index (χ0n) is 13.1. The molecule has 0 radical (unpaired) electrons. The van der Waals surface area contributed by atoms with E-state index < -0.39 is 6.04 Å². The number of hydrogen-bond donors (Lipinski definition) is 2. The van der Waals surface area contributed by atoms with Gasteiger partial charge < -0.3 is 10.6 Å². The molecule has 2 aromatic rings. The molecule has 1 aromatic heterocycles. The van der Waals surface area contributed by atoms with Crippen molar-refractivity contribution < 1.29 is 14.0 Å². The number of pyridine rings is 1.